The Morgan fingerprint density at radius 3 is 1.98 bits per heavy atom. The number of aryl methyl sites for hydroxylation is 1. The van der Waals surface area contributed by atoms with Gasteiger partial charge in [-0.3, -0.25) is 0 Å². The minimum atomic E-state index is -2.42. The molecule has 3 heterocycles. The van der Waals surface area contributed by atoms with E-state index in [1.165, 1.54) is 27.7 Å². The number of nitrogens with zero attached hydrogens (tertiary/aromatic N) is 2. The zero-order chi connectivity index (χ0) is 46.8. The number of benzene rings is 6. The van der Waals surface area contributed by atoms with Crippen LogP contribution in [0.25, 0.3) is 77.1 Å². The van der Waals surface area contributed by atoms with Crippen LogP contribution in [0.3, 0.4) is 0 Å². The van der Waals surface area contributed by atoms with E-state index >= 15 is 0 Å². The summed E-state index contributed by atoms with van der Waals surface area (Å²) in [4.78, 5) is 9.22. The van der Waals surface area contributed by atoms with Gasteiger partial charge in [-0.25, -0.2) is 0 Å². The second-order valence-corrected chi connectivity index (χ2v) is 24.8. The van der Waals surface area contributed by atoms with Gasteiger partial charge in [0.1, 0.15) is 5.58 Å². The summed E-state index contributed by atoms with van der Waals surface area (Å²) in [5, 5.41) is 7.86. The molecule has 0 aliphatic rings. The van der Waals surface area contributed by atoms with Crippen molar-refractivity contribution in [3.63, 3.8) is 0 Å². The van der Waals surface area contributed by atoms with Crippen LogP contribution in [0.2, 0.25) is 19.6 Å². The van der Waals surface area contributed by atoms with Crippen LogP contribution in [0.15, 0.2) is 132 Å². The number of rotatable bonds is 5. The van der Waals surface area contributed by atoms with E-state index < -0.39 is 14.9 Å². The molecule has 0 spiro atoms. The first-order chi connectivity index (χ1) is 30.5. The Labute approximate surface area is 389 Å². The second-order valence-electron chi connectivity index (χ2n) is 19.7. The Bertz CT molecular complexity index is 3230. The summed E-state index contributed by atoms with van der Waals surface area (Å²) in [6.07, 6.45) is 3.46. The molecule has 0 unspecified atom stereocenters. The molecule has 0 aliphatic carbocycles. The quantitative estimate of drug-likeness (QED) is 0.0980. The van der Waals surface area contributed by atoms with Gasteiger partial charge >= 0.3 is 0 Å². The maximum Gasteiger partial charge on any atom is 0.128 e. The zero-order valence-corrected chi connectivity index (χ0v) is 41.2. The fourth-order valence-electron chi connectivity index (χ4n) is 7.99. The van der Waals surface area contributed by atoms with Crippen LogP contribution in [0.4, 0.5) is 0 Å². The minimum absolute atomic E-state index is 0. The van der Waals surface area contributed by atoms with Gasteiger partial charge in [0.2, 0.25) is 0 Å². The summed E-state index contributed by atoms with van der Waals surface area (Å²) >= 11 is 0. The average molecular weight is 1010 g/mol. The van der Waals surface area contributed by atoms with Crippen LogP contribution in [-0.2, 0) is 30.9 Å². The molecule has 0 saturated heterocycles. The van der Waals surface area contributed by atoms with Crippen LogP contribution in [-0.4, -0.2) is 18.0 Å². The molecule has 0 aliphatic heterocycles. The third-order valence-corrected chi connectivity index (χ3v) is 13.8. The predicted molar refractivity (Wildman–Crippen MR) is 264 cm³/mol. The Morgan fingerprint density at radius 1 is 0.645 bits per heavy atom. The van der Waals surface area contributed by atoms with Crippen LogP contribution in [0, 0.1) is 19.0 Å². The molecule has 1 radical (unpaired) electrons. The molecule has 3 nitrogen and oxygen atoms in total. The summed E-state index contributed by atoms with van der Waals surface area (Å²) in [7, 11) is -1.23. The maximum absolute atomic E-state index is 9.19. The van der Waals surface area contributed by atoms with Crippen molar-refractivity contribution in [2.75, 3.05) is 0 Å². The summed E-state index contributed by atoms with van der Waals surface area (Å²) in [6.45, 7) is 21.8. The average Bonchev–Trinajstić information content (AvgIpc) is 3.64. The number of furan rings is 1. The fourth-order valence-corrected chi connectivity index (χ4v) is 9.02. The molecule has 317 valence electrons. The van der Waals surface area contributed by atoms with E-state index in [0.717, 1.165) is 49.5 Å². The molecular formula is C57H58IrN2OSi-2. The van der Waals surface area contributed by atoms with Crippen molar-refractivity contribution >= 4 is 56.7 Å². The number of fused-ring (bicyclic) bond motifs is 7. The normalized spacial score (nSPS) is 13.4. The van der Waals surface area contributed by atoms with E-state index in [9.17, 15) is 1.37 Å². The smallest absolute Gasteiger partial charge is 0.128 e. The topological polar surface area (TPSA) is 38.9 Å². The molecular weight excluding hydrogens is 949 g/mol. The van der Waals surface area contributed by atoms with Crippen LogP contribution in [0.1, 0.15) is 89.0 Å². The van der Waals surface area contributed by atoms with Crippen molar-refractivity contribution < 1.29 is 30.0 Å². The van der Waals surface area contributed by atoms with E-state index in [4.69, 9.17) is 13.5 Å². The van der Waals surface area contributed by atoms with Gasteiger partial charge in [0.15, 0.2) is 0 Å². The summed E-state index contributed by atoms with van der Waals surface area (Å²) in [5.41, 5.74) is 9.13. The van der Waals surface area contributed by atoms with Gasteiger partial charge in [-0.05, 0) is 89.7 Å². The summed E-state index contributed by atoms with van der Waals surface area (Å²) < 4.78 is 41.2. The molecule has 0 amide bonds. The van der Waals surface area contributed by atoms with Gasteiger partial charge in [-0.1, -0.05) is 165 Å². The standard InChI is InChI=1S/C43H42NO.C14H16NSi.Ir/c1-25(2)37-22-29(43(7,8)9)15-18-32(37)38-23-39(44-24-26(38)3)36-12-10-11-33-35-20-19-31-30-17-14-28(42(4,5)6)21-27(30)13-16-34(31)40(35)45-41(33)36;1-16(2,3)13-9-10-14(15-11-13)12-7-5-4-6-8-12;/h10-11,13-25H,1-9H3;4-7,9-11H,1-3H3;/q2*-1;/i3D3,18D;;. The van der Waals surface area contributed by atoms with Crippen molar-refractivity contribution in [1.29, 1.82) is 0 Å². The number of hydrogen-bond acceptors (Lipinski definition) is 3. The van der Waals surface area contributed by atoms with Gasteiger partial charge in [0.05, 0.1) is 15.0 Å². The van der Waals surface area contributed by atoms with Crippen molar-refractivity contribution in [2.45, 2.75) is 98.6 Å². The Morgan fingerprint density at radius 2 is 1.32 bits per heavy atom. The first-order valence-corrected chi connectivity index (χ1v) is 24.8. The zero-order valence-electron chi connectivity index (χ0n) is 41.8. The molecule has 3 aromatic heterocycles. The molecule has 0 fully saturated rings. The van der Waals surface area contributed by atoms with Crippen molar-refractivity contribution in [3.8, 4) is 33.6 Å². The van der Waals surface area contributed by atoms with Crippen LogP contribution >= 0.6 is 0 Å². The Balaban J connectivity index is 0.000000322. The fraction of sp³-hybridized carbons (Fsp3) is 0.263. The molecule has 9 rings (SSSR count). The molecule has 0 atom stereocenters. The van der Waals surface area contributed by atoms with Gasteiger partial charge in [-0.2, -0.15) is 0 Å². The van der Waals surface area contributed by atoms with Crippen molar-refractivity contribution in [3.05, 3.63) is 162 Å². The molecule has 0 bridgehead atoms. The van der Waals surface area contributed by atoms with Crippen molar-refractivity contribution in [2.24, 2.45) is 0 Å². The third-order valence-electron chi connectivity index (χ3n) is 11.8. The largest absolute Gasteiger partial charge is 0.500 e. The Hall–Kier alpha value is -5.19. The first kappa shape index (κ1) is 39.6. The minimum Gasteiger partial charge on any atom is -0.500 e. The monoisotopic (exact) mass is 1010 g/mol. The Kier molecular flexibility index (Phi) is 11.0. The van der Waals surface area contributed by atoms with E-state index in [2.05, 4.69) is 153 Å². The van der Waals surface area contributed by atoms with Gasteiger partial charge in [0, 0.05) is 47.4 Å². The van der Waals surface area contributed by atoms with Crippen LogP contribution < -0.4 is 5.19 Å². The van der Waals surface area contributed by atoms with Gasteiger partial charge in [-0.15, -0.1) is 54.1 Å². The summed E-state index contributed by atoms with van der Waals surface area (Å²) in [5.74, 6) is 0.0669. The van der Waals surface area contributed by atoms with Gasteiger partial charge in [0.25, 0.3) is 0 Å². The molecule has 9 aromatic rings. The number of pyridine rings is 2. The molecule has 0 N–H and O–H groups in total. The van der Waals surface area contributed by atoms with Gasteiger partial charge < -0.3 is 14.4 Å². The molecule has 5 heteroatoms. The number of hydrogen-bond donors (Lipinski definition) is 0. The van der Waals surface area contributed by atoms with Crippen LogP contribution in [0.5, 0.6) is 0 Å². The molecule has 62 heavy (non-hydrogen) atoms. The molecule has 0 saturated carbocycles. The van der Waals surface area contributed by atoms with E-state index in [-0.39, 0.29) is 42.4 Å². The second kappa shape index (κ2) is 17.2. The van der Waals surface area contributed by atoms with E-state index in [1.54, 1.807) is 0 Å². The first-order valence-electron chi connectivity index (χ1n) is 23.3. The number of aromatic nitrogens is 2. The third kappa shape index (κ3) is 8.86. The maximum atomic E-state index is 9.19. The SMILES string of the molecule is C[Si](C)(C)c1ccc(-c2[c-]cccc2)nc1.[2H]c1cc(C(C)(C)C)cc(C(C)C)c1-c1cc(-c2[c-]ccc3c2oc2c3ccc3c4ccc(C(C)(C)C)cc4ccc32)ncc1C([2H])([2H])[2H].[Ir]. The summed E-state index contributed by atoms with van der Waals surface area (Å²) in [6, 6.07) is 44.1. The molecule has 6 aromatic carbocycles. The van der Waals surface area contributed by atoms with Crippen molar-refractivity contribution in [1.82, 2.24) is 9.97 Å². The van der Waals surface area contributed by atoms with E-state index in [0.29, 0.717) is 34.0 Å². The predicted octanol–water partition coefficient (Wildman–Crippen LogP) is 15.5. The van der Waals surface area contributed by atoms with E-state index in [1.807, 2.05) is 54.7 Å².